The Morgan fingerprint density at radius 3 is 1.61 bits per heavy atom. The molecule has 2 aromatic heterocycles. The Hall–Kier alpha value is -3.34. The van der Waals surface area contributed by atoms with E-state index >= 15 is 0 Å². The Labute approximate surface area is 250 Å². The van der Waals surface area contributed by atoms with Gasteiger partial charge in [-0.05, 0) is 73.9 Å². The van der Waals surface area contributed by atoms with Gasteiger partial charge in [0.1, 0.15) is 0 Å². The summed E-state index contributed by atoms with van der Waals surface area (Å²) in [5.41, 5.74) is 2.76. The van der Waals surface area contributed by atoms with Gasteiger partial charge in [0.05, 0.1) is 0 Å². The van der Waals surface area contributed by atoms with Crippen LogP contribution in [-0.2, 0) is 6.42 Å². The fourth-order valence-corrected chi connectivity index (χ4v) is 7.49. The molecular weight excluding hydrogens is 541 g/mol. The van der Waals surface area contributed by atoms with Gasteiger partial charge in [-0.3, -0.25) is 9.59 Å². The van der Waals surface area contributed by atoms with Gasteiger partial charge in [0.25, 0.3) is 0 Å². The van der Waals surface area contributed by atoms with Gasteiger partial charge in [-0.2, -0.15) is 0 Å². The maximum absolute atomic E-state index is 12.7. The molecule has 4 heteroatoms. The van der Waals surface area contributed by atoms with Gasteiger partial charge in [0.15, 0.2) is 10.9 Å². The fourth-order valence-electron chi connectivity index (χ4n) is 5.39. The molecule has 2 heterocycles. The predicted octanol–water partition coefficient (Wildman–Crippen LogP) is 10.8. The van der Waals surface area contributed by atoms with Crippen molar-refractivity contribution in [3.63, 3.8) is 0 Å². The van der Waals surface area contributed by atoms with Crippen LogP contribution in [-0.4, -0.2) is 0 Å². The monoisotopic (exact) mass is 578 g/mol. The number of hydrogen-bond acceptors (Lipinski definition) is 4. The van der Waals surface area contributed by atoms with E-state index in [0.29, 0.717) is 0 Å². The Morgan fingerprint density at radius 1 is 0.512 bits per heavy atom. The SMILES string of the molecule is CCCCCCCCCCc1ccc2sc3ccccc3c(=O)c2c1.Cc1ccc2sc3ccccc3c(=O)c2c1. The van der Waals surface area contributed by atoms with Crippen LogP contribution in [0.2, 0.25) is 0 Å². The third kappa shape index (κ3) is 7.12. The van der Waals surface area contributed by atoms with Crippen LogP contribution in [0.4, 0.5) is 0 Å². The third-order valence-corrected chi connectivity index (χ3v) is 9.99. The fraction of sp³-hybridized carbons (Fsp3) is 0.297. The molecule has 0 radical (unpaired) electrons. The van der Waals surface area contributed by atoms with Crippen LogP contribution in [0, 0.1) is 6.92 Å². The first-order valence-corrected chi connectivity index (χ1v) is 16.5. The standard InChI is InChI=1S/C23H28OS.C14H10OS/c1-2-3-4-5-6-7-8-9-12-18-15-16-22-20(17-18)23(24)19-13-10-11-14-21(19)25-22;1-9-6-7-13-11(8-9)14(15)10-4-2-3-5-12(10)16-13/h10-11,13-17H,2-9,12H2,1H3;2-8H,1H3. The first kappa shape index (κ1) is 29.2. The number of benzene rings is 4. The highest BCUT2D eigenvalue weighted by atomic mass is 32.1. The normalized spacial score (nSPS) is 11.3. The zero-order valence-electron chi connectivity index (χ0n) is 24.1. The number of rotatable bonds is 9. The summed E-state index contributed by atoms with van der Waals surface area (Å²) in [5.74, 6) is 0. The van der Waals surface area contributed by atoms with Crippen LogP contribution < -0.4 is 10.9 Å². The molecule has 0 unspecified atom stereocenters. The zero-order valence-corrected chi connectivity index (χ0v) is 25.7. The summed E-state index contributed by atoms with van der Waals surface area (Å²) in [5, 5.41) is 3.40. The van der Waals surface area contributed by atoms with E-state index in [-0.39, 0.29) is 10.9 Å². The first-order chi connectivity index (χ1) is 20.0. The molecule has 0 spiro atoms. The van der Waals surface area contributed by atoms with E-state index in [1.54, 1.807) is 22.7 Å². The van der Waals surface area contributed by atoms with Crippen LogP contribution in [0.25, 0.3) is 40.3 Å². The maximum atomic E-state index is 12.7. The number of unbranched alkanes of at least 4 members (excludes halogenated alkanes) is 7. The molecule has 0 saturated heterocycles. The van der Waals surface area contributed by atoms with Crippen molar-refractivity contribution < 1.29 is 0 Å². The van der Waals surface area contributed by atoms with Crippen molar-refractivity contribution in [2.24, 2.45) is 0 Å². The van der Waals surface area contributed by atoms with Crippen LogP contribution in [0.1, 0.15) is 69.4 Å². The Kier molecular flexibility index (Phi) is 9.97. The summed E-state index contributed by atoms with van der Waals surface area (Å²) in [6.45, 7) is 4.28. The summed E-state index contributed by atoms with van der Waals surface area (Å²) in [6.07, 6.45) is 11.8. The summed E-state index contributed by atoms with van der Waals surface area (Å²) in [6, 6.07) is 28.2. The molecule has 0 fully saturated rings. The van der Waals surface area contributed by atoms with E-state index in [4.69, 9.17) is 0 Å². The molecule has 0 amide bonds. The molecule has 0 aliphatic rings. The Bertz CT molecular complexity index is 1900. The molecule has 0 atom stereocenters. The molecule has 0 aliphatic heterocycles. The molecule has 210 valence electrons. The molecule has 2 nitrogen and oxygen atoms in total. The lowest BCUT2D eigenvalue weighted by Gasteiger charge is -2.05. The summed E-state index contributed by atoms with van der Waals surface area (Å²) in [4.78, 5) is 25.0. The highest BCUT2D eigenvalue weighted by Gasteiger charge is 2.07. The van der Waals surface area contributed by atoms with Crippen molar-refractivity contribution >= 4 is 63.0 Å². The molecule has 0 aliphatic carbocycles. The van der Waals surface area contributed by atoms with Gasteiger partial charge < -0.3 is 0 Å². The smallest absolute Gasteiger partial charge is 0.195 e. The van der Waals surface area contributed by atoms with Gasteiger partial charge in [-0.25, -0.2) is 0 Å². The molecule has 0 N–H and O–H groups in total. The molecule has 4 aromatic carbocycles. The minimum absolute atomic E-state index is 0.146. The van der Waals surface area contributed by atoms with E-state index in [1.807, 2.05) is 73.7 Å². The van der Waals surface area contributed by atoms with Gasteiger partial charge in [0.2, 0.25) is 0 Å². The van der Waals surface area contributed by atoms with E-state index < -0.39 is 0 Å². The lowest BCUT2D eigenvalue weighted by molar-refractivity contribution is 0.575. The minimum atomic E-state index is 0.146. The van der Waals surface area contributed by atoms with Crippen molar-refractivity contribution in [3.05, 3.63) is 117 Å². The van der Waals surface area contributed by atoms with Crippen molar-refractivity contribution in [1.82, 2.24) is 0 Å². The first-order valence-electron chi connectivity index (χ1n) is 14.9. The Morgan fingerprint density at radius 2 is 1.00 bits per heavy atom. The molecular formula is C37H38O2S2. The summed E-state index contributed by atoms with van der Waals surface area (Å²) >= 11 is 3.39. The molecule has 0 saturated carbocycles. The molecule has 41 heavy (non-hydrogen) atoms. The van der Waals surface area contributed by atoms with Crippen LogP contribution in [0.3, 0.4) is 0 Å². The summed E-state index contributed by atoms with van der Waals surface area (Å²) < 4.78 is 4.30. The maximum Gasteiger partial charge on any atom is 0.195 e. The number of aryl methyl sites for hydroxylation is 2. The topological polar surface area (TPSA) is 34.1 Å². The zero-order chi connectivity index (χ0) is 28.6. The average Bonchev–Trinajstić information content (AvgIpc) is 3.00. The highest BCUT2D eigenvalue weighted by Crippen LogP contribution is 2.26. The van der Waals surface area contributed by atoms with Crippen molar-refractivity contribution in [3.8, 4) is 0 Å². The van der Waals surface area contributed by atoms with E-state index in [2.05, 4.69) is 25.1 Å². The number of fused-ring (bicyclic) bond motifs is 4. The number of hydrogen-bond donors (Lipinski definition) is 0. The second kappa shape index (κ2) is 14.0. The largest absolute Gasteiger partial charge is 0.289 e. The van der Waals surface area contributed by atoms with Crippen molar-refractivity contribution in [2.75, 3.05) is 0 Å². The minimum Gasteiger partial charge on any atom is -0.289 e. The van der Waals surface area contributed by atoms with Gasteiger partial charge in [-0.1, -0.05) is 93.8 Å². The average molecular weight is 579 g/mol. The lowest BCUT2D eigenvalue weighted by atomic mass is 10.0. The van der Waals surface area contributed by atoms with E-state index in [0.717, 1.165) is 52.3 Å². The van der Waals surface area contributed by atoms with Gasteiger partial charge >= 0.3 is 0 Å². The molecule has 6 aromatic rings. The predicted molar refractivity (Wildman–Crippen MR) is 182 cm³/mol. The van der Waals surface area contributed by atoms with Crippen LogP contribution >= 0.6 is 22.7 Å². The van der Waals surface area contributed by atoms with Gasteiger partial charge in [0, 0.05) is 40.3 Å². The second-order valence-corrected chi connectivity index (χ2v) is 13.1. The summed E-state index contributed by atoms with van der Waals surface area (Å²) in [7, 11) is 0. The van der Waals surface area contributed by atoms with Crippen molar-refractivity contribution in [1.29, 1.82) is 0 Å². The van der Waals surface area contributed by atoms with Crippen LogP contribution in [0.5, 0.6) is 0 Å². The molecule has 0 bridgehead atoms. The third-order valence-electron chi connectivity index (χ3n) is 7.69. The Balaban J connectivity index is 0.000000181. The highest BCUT2D eigenvalue weighted by molar-refractivity contribution is 7.24. The van der Waals surface area contributed by atoms with Crippen LogP contribution in [0.15, 0.2) is 94.5 Å². The van der Waals surface area contributed by atoms with E-state index in [1.165, 1.54) is 56.9 Å². The second-order valence-electron chi connectivity index (χ2n) is 10.9. The quantitative estimate of drug-likeness (QED) is 0.126. The lowest BCUT2D eigenvalue weighted by Crippen LogP contribution is -2.01. The molecule has 6 rings (SSSR count). The van der Waals surface area contributed by atoms with Crippen molar-refractivity contribution in [2.45, 2.75) is 71.6 Å². The van der Waals surface area contributed by atoms with E-state index in [9.17, 15) is 9.59 Å². The van der Waals surface area contributed by atoms with Gasteiger partial charge in [-0.15, -0.1) is 22.7 Å².